The third-order valence-electron chi connectivity index (χ3n) is 5.27. The monoisotopic (exact) mass is 389 g/mol. The summed E-state index contributed by atoms with van der Waals surface area (Å²) in [6.45, 7) is 6.12. The summed E-state index contributed by atoms with van der Waals surface area (Å²) in [6.07, 6.45) is 21.2. The third kappa shape index (κ3) is 14.8. The summed E-state index contributed by atoms with van der Waals surface area (Å²) >= 11 is 0. The summed E-state index contributed by atoms with van der Waals surface area (Å²) in [4.78, 5) is 0. The molecule has 0 heterocycles. The maximum absolute atomic E-state index is 5.88. The van der Waals surface area contributed by atoms with Gasteiger partial charge in [0.05, 0.1) is 13.2 Å². The van der Waals surface area contributed by atoms with Gasteiger partial charge in [0.25, 0.3) is 0 Å². The highest BCUT2D eigenvalue weighted by Crippen LogP contribution is 2.20. The predicted molar refractivity (Wildman–Crippen MR) is 121 cm³/mol. The maximum Gasteiger partial charge on any atom is 0.130 e. The van der Waals surface area contributed by atoms with Crippen molar-refractivity contribution in [3.63, 3.8) is 0 Å². The van der Waals surface area contributed by atoms with Crippen molar-refractivity contribution >= 4 is 0 Å². The van der Waals surface area contributed by atoms with Gasteiger partial charge in [-0.15, -0.1) is 0 Å². The molecule has 28 heavy (non-hydrogen) atoms. The Bertz CT molecular complexity index is 407. The Hall–Kier alpha value is -1.18. The van der Waals surface area contributed by atoms with Gasteiger partial charge in [-0.3, -0.25) is 0 Å². The summed E-state index contributed by atoms with van der Waals surface area (Å²) in [5.41, 5.74) is 0. The maximum atomic E-state index is 5.88. The van der Waals surface area contributed by atoms with E-state index in [4.69, 9.17) is 9.47 Å². The lowest BCUT2D eigenvalue weighted by atomic mass is 10.1. The fourth-order valence-electron chi connectivity index (χ4n) is 3.44. The fraction of sp³-hybridized carbons (Fsp3) is 0.769. The smallest absolute Gasteiger partial charge is 0.130 e. The Kier molecular flexibility index (Phi) is 17.0. The summed E-state index contributed by atoms with van der Waals surface area (Å²) in [7, 11) is 0. The Morgan fingerprint density at radius 3 is 1.61 bits per heavy atom. The quantitative estimate of drug-likeness (QED) is 0.208. The van der Waals surface area contributed by atoms with Crippen LogP contribution >= 0.6 is 0 Å². The van der Waals surface area contributed by atoms with E-state index < -0.39 is 0 Å². The Balaban J connectivity index is 2.00. The summed E-state index contributed by atoms with van der Waals surface area (Å²) in [6, 6.07) is 9.04. The van der Waals surface area contributed by atoms with Crippen LogP contribution in [-0.2, 0) is 0 Å². The molecule has 0 atom stereocenters. The molecular formula is C26H45O2. The summed E-state index contributed by atoms with van der Waals surface area (Å²) in [5.74, 6) is 1.73. The molecule has 0 spiro atoms. The zero-order valence-corrected chi connectivity index (χ0v) is 18.8. The lowest BCUT2D eigenvalue weighted by Crippen LogP contribution is -2.00. The van der Waals surface area contributed by atoms with Gasteiger partial charge in [0.1, 0.15) is 11.5 Å². The molecule has 0 aliphatic heterocycles. The van der Waals surface area contributed by atoms with Crippen LogP contribution in [0.5, 0.6) is 11.5 Å². The molecule has 1 aromatic rings. The van der Waals surface area contributed by atoms with Crippen LogP contribution in [0.3, 0.4) is 0 Å². The minimum Gasteiger partial charge on any atom is -0.493 e. The van der Waals surface area contributed by atoms with E-state index in [1.54, 1.807) is 0 Å². The number of benzene rings is 1. The Labute approximate surface area is 175 Å². The number of ether oxygens (including phenoxy) is 2. The highest BCUT2D eigenvalue weighted by molar-refractivity contribution is 5.31. The first-order chi connectivity index (χ1) is 13.9. The van der Waals surface area contributed by atoms with E-state index in [1.807, 2.05) is 18.2 Å². The lowest BCUT2D eigenvalue weighted by molar-refractivity contribution is 0.289. The van der Waals surface area contributed by atoms with Crippen molar-refractivity contribution in [3.8, 4) is 11.5 Å². The number of rotatable bonds is 20. The molecule has 0 fully saturated rings. The molecule has 0 unspecified atom stereocenters. The first kappa shape index (κ1) is 24.9. The van der Waals surface area contributed by atoms with Gasteiger partial charge in [0.2, 0.25) is 0 Å². The standard InChI is InChI=1S/C26H45O2/c1-3-5-7-9-11-13-15-17-22-27-25-20-19-21-26(24-25)28-23-18-16-14-12-10-8-6-4-2/h19-20,24H,3-18,22-23H2,1-2H3. The fourth-order valence-corrected chi connectivity index (χ4v) is 3.44. The summed E-state index contributed by atoms with van der Waals surface area (Å²) in [5, 5.41) is 0. The molecule has 2 heteroatoms. The molecule has 1 rings (SSSR count). The molecule has 0 aliphatic carbocycles. The molecule has 0 bridgehead atoms. The number of hydrogen-bond acceptors (Lipinski definition) is 2. The normalized spacial score (nSPS) is 10.9. The van der Waals surface area contributed by atoms with Crippen molar-refractivity contribution in [2.45, 2.75) is 117 Å². The second kappa shape index (κ2) is 19.2. The molecule has 0 aliphatic rings. The van der Waals surface area contributed by atoms with Crippen molar-refractivity contribution in [1.82, 2.24) is 0 Å². The van der Waals surface area contributed by atoms with Crippen molar-refractivity contribution in [3.05, 3.63) is 24.3 Å². The van der Waals surface area contributed by atoms with Crippen molar-refractivity contribution in [2.24, 2.45) is 0 Å². The second-order valence-electron chi connectivity index (χ2n) is 8.04. The summed E-state index contributed by atoms with van der Waals surface area (Å²) < 4.78 is 11.7. The van der Waals surface area contributed by atoms with E-state index in [0.29, 0.717) is 0 Å². The minimum absolute atomic E-state index is 0.785. The molecule has 0 amide bonds. The minimum atomic E-state index is 0.785. The van der Waals surface area contributed by atoms with Gasteiger partial charge in [-0.2, -0.15) is 0 Å². The largest absolute Gasteiger partial charge is 0.493 e. The first-order valence-corrected chi connectivity index (χ1v) is 12.1. The van der Waals surface area contributed by atoms with Gasteiger partial charge >= 0.3 is 0 Å². The SMILES string of the molecule is CCCCCCCCCCOc1[c]ccc(OCCCCCCCCCC)c1. The van der Waals surface area contributed by atoms with Crippen molar-refractivity contribution in [1.29, 1.82) is 0 Å². The van der Waals surface area contributed by atoms with Crippen molar-refractivity contribution < 1.29 is 9.47 Å². The molecule has 0 saturated carbocycles. The van der Waals surface area contributed by atoms with E-state index in [-0.39, 0.29) is 0 Å². The molecule has 0 aromatic heterocycles. The van der Waals surface area contributed by atoms with Gasteiger partial charge < -0.3 is 9.47 Å². The lowest BCUT2D eigenvalue weighted by Gasteiger charge is -2.09. The van der Waals surface area contributed by atoms with Crippen LogP contribution in [0.2, 0.25) is 0 Å². The van der Waals surface area contributed by atoms with Gasteiger partial charge in [0, 0.05) is 12.1 Å². The molecule has 1 aromatic carbocycles. The Morgan fingerprint density at radius 1 is 0.607 bits per heavy atom. The average molecular weight is 390 g/mol. The molecule has 0 saturated heterocycles. The molecule has 161 valence electrons. The third-order valence-corrected chi connectivity index (χ3v) is 5.27. The zero-order valence-electron chi connectivity index (χ0n) is 18.8. The van der Waals surface area contributed by atoms with Gasteiger partial charge in [-0.25, -0.2) is 0 Å². The van der Waals surface area contributed by atoms with Crippen LogP contribution in [0.1, 0.15) is 117 Å². The van der Waals surface area contributed by atoms with Crippen LogP contribution in [0.4, 0.5) is 0 Å². The highest BCUT2D eigenvalue weighted by Gasteiger charge is 2.00. The van der Waals surface area contributed by atoms with Crippen LogP contribution in [0.15, 0.2) is 18.2 Å². The first-order valence-electron chi connectivity index (χ1n) is 12.1. The van der Waals surface area contributed by atoms with E-state index in [2.05, 4.69) is 19.9 Å². The Morgan fingerprint density at radius 2 is 1.07 bits per heavy atom. The number of hydrogen-bond donors (Lipinski definition) is 0. The number of unbranched alkanes of at least 4 members (excludes halogenated alkanes) is 14. The van der Waals surface area contributed by atoms with E-state index >= 15 is 0 Å². The molecule has 1 radical (unpaired) electrons. The van der Waals surface area contributed by atoms with Crippen LogP contribution < -0.4 is 9.47 Å². The molecular weight excluding hydrogens is 344 g/mol. The van der Waals surface area contributed by atoms with E-state index in [0.717, 1.165) is 37.6 Å². The van der Waals surface area contributed by atoms with Gasteiger partial charge in [-0.05, 0) is 25.0 Å². The van der Waals surface area contributed by atoms with E-state index in [1.165, 1.54) is 89.9 Å². The second-order valence-corrected chi connectivity index (χ2v) is 8.04. The predicted octanol–water partition coefficient (Wildman–Crippen LogP) is 8.53. The van der Waals surface area contributed by atoms with Gasteiger partial charge in [-0.1, -0.05) is 104 Å². The topological polar surface area (TPSA) is 18.5 Å². The average Bonchev–Trinajstić information content (AvgIpc) is 2.72. The van der Waals surface area contributed by atoms with Crippen molar-refractivity contribution in [2.75, 3.05) is 13.2 Å². The van der Waals surface area contributed by atoms with Gasteiger partial charge in [0.15, 0.2) is 0 Å². The zero-order chi connectivity index (χ0) is 20.1. The molecule has 0 N–H and O–H groups in total. The molecule has 2 nitrogen and oxygen atoms in total. The highest BCUT2D eigenvalue weighted by atomic mass is 16.5. The van der Waals surface area contributed by atoms with Crippen LogP contribution in [-0.4, -0.2) is 13.2 Å². The van der Waals surface area contributed by atoms with Crippen LogP contribution in [0, 0.1) is 6.07 Å². The van der Waals surface area contributed by atoms with Crippen LogP contribution in [0.25, 0.3) is 0 Å². The van der Waals surface area contributed by atoms with E-state index in [9.17, 15) is 0 Å².